The number of nitrogens with one attached hydrogen (secondary N) is 1. The van der Waals surface area contributed by atoms with E-state index in [4.69, 9.17) is 11.0 Å². The van der Waals surface area contributed by atoms with E-state index >= 15 is 0 Å². The predicted octanol–water partition coefficient (Wildman–Crippen LogP) is 1.19. The Labute approximate surface area is 123 Å². The molecule has 1 aromatic carbocycles. The van der Waals surface area contributed by atoms with Crippen LogP contribution in [0.1, 0.15) is 17.0 Å². The van der Waals surface area contributed by atoms with Crippen molar-refractivity contribution >= 4 is 11.6 Å². The van der Waals surface area contributed by atoms with Gasteiger partial charge in [0.2, 0.25) is 0 Å². The van der Waals surface area contributed by atoms with Crippen LogP contribution >= 0.6 is 0 Å². The third-order valence-corrected chi connectivity index (χ3v) is 3.03. The molecule has 0 aliphatic heterocycles. The second kappa shape index (κ2) is 6.52. The van der Waals surface area contributed by atoms with Gasteiger partial charge in [0.25, 0.3) is 5.82 Å². The van der Waals surface area contributed by atoms with E-state index in [1.165, 1.54) is 17.5 Å². The molecule has 0 atom stereocenters. The molecule has 0 aliphatic carbocycles. The molecule has 7 nitrogen and oxygen atoms in total. The number of nitrogens with zero attached hydrogens (tertiary/aromatic N) is 5. The summed E-state index contributed by atoms with van der Waals surface area (Å²) in [5.41, 5.74) is 9.17. The fourth-order valence-corrected chi connectivity index (χ4v) is 1.73. The van der Waals surface area contributed by atoms with E-state index in [2.05, 4.69) is 27.3 Å². The highest BCUT2D eigenvalue weighted by atomic mass is 15.3. The standard InChI is InChI=1S/C14H17N7/c1-10-3-4-12(7-11(10)2)19-14(16)17-5-6-21-9-18-13(8-15)20-21/h3-4,7,9H,5-6H2,1-2H3,(H3,16,17,19). The molecule has 0 saturated heterocycles. The minimum atomic E-state index is 0.153. The van der Waals surface area contributed by atoms with Crippen LogP contribution in [0.3, 0.4) is 0 Å². The van der Waals surface area contributed by atoms with Gasteiger partial charge in [-0.05, 0) is 37.1 Å². The third kappa shape index (κ3) is 4.04. The van der Waals surface area contributed by atoms with Gasteiger partial charge in [-0.15, -0.1) is 5.10 Å². The number of nitriles is 1. The van der Waals surface area contributed by atoms with Crippen LogP contribution in [0.2, 0.25) is 0 Å². The Balaban J connectivity index is 1.89. The maximum absolute atomic E-state index is 8.62. The molecule has 0 amide bonds. The molecule has 0 saturated carbocycles. The fraction of sp³-hybridized carbons (Fsp3) is 0.286. The van der Waals surface area contributed by atoms with Gasteiger partial charge in [0.1, 0.15) is 12.4 Å². The van der Waals surface area contributed by atoms with Gasteiger partial charge in [-0.3, -0.25) is 4.99 Å². The lowest BCUT2D eigenvalue weighted by Gasteiger charge is -2.08. The van der Waals surface area contributed by atoms with Crippen molar-refractivity contribution in [2.75, 3.05) is 11.9 Å². The predicted molar refractivity (Wildman–Crippen MR) is 80.8 cm³/mol. The number of rotatable bonds is 4. The SMILES string of the molecule is Cc1ccc(NC(N)=NCCn2cnc(C#N)n2)cc1C. The normalized spacial score (nSPS) is 11.2. The number of nitrogens with two attached hydrogens (primary N) is 1. The van der Waals surface area contributed by atoms with Gasteiger partial charge in [-0.1, -0.05) is 6.07 Å². The minimum Gasteiger partial charge on any atom is -0.370 e. The molecule has 1 heterocycles. The zero-order valence-corrected chi connectivity index (χ0v) is 12.0. The highest BCUT2D eigenvalue weighted by Crippen LogP contribution is 2.13. The number of aryl methyl sites for hydroxylation is 2. The first-order chi connectivity index (χ1) is 10.1. The summed E-state index contributed by atoms with van der Waals surface area (Å²) in [7, 11) is 0. The Morgan fingerprint density at radius 2 is 2.24 bits per heavy atom. The Hall–Kier alpha value is -2.88. The molecule has 0 spiro atoms. The van der Waals surface area contributed by atoms with Gasteiger partial charge in [0.15, 0.2) is 5.96 Å². The first kappa shape index (κ1) is 14.5. The summed E-state index contributed by atoms with van der Waals surface area (Å²) < 4.78 is 1.56. The number of hydrogen-bond acceptors (Lipinski definition) is 4. The van der Waals surface area contributed by atoms with Crippen LogP contribution < -0.4 is 11.1 Å². The Morgan fingerprint density at radius 3 is 2.90 bits per heavy atom. The van der Waals surface area contributed by atoms with Crippen molar-refractivity contribution in [1.82, 2.24) is 14.8 Å². The molecule has 108 valence electrons. The van der Waals surface area contributed by atoms with Crippen molar-refractivity contribution in [2.24, 2.45) is 10.7 Å². The number of benzene rings is 1. The van der Waals surface area contributed by atoms with Gasteiger partial charge in [-0.25, -0.2) is 9.67 Å². The van der Waals surface area contributed by atoms with Gasteiger partial charge < -0.3 is 11.1 Å². The van der Waals surface area contributed by atoms with E-state index in [-0.39, 0.29) is 5.82 Å². The van der Waals surface area contributed by atoms with Gasteiger partial charge in [0.05, 0.1) is 13.1 Å². The molecule has 3 N–H and O–H groups in total. The number of hydrogen-bond donors (Lipinski definition) is 2. The fourth-order valence-electron chi connectivity index (χ4n) is 1.73. The molecule has 0 radical (unpaired) electrons. The molecule has 0 bridgehead atoms. The smallest absolute Gasteiger partial charge is 0.252 e. The van der Waals surface area contributed by atoms with Crippen LogP contribution in [0.4, 0.5) is 5.69 Å². The number of aromatic nitrogens is 3. The first-order valence-corrected chi connectivity index (χ1v) is 6.52. The summed E-state index contributed by atoms with van der Waals surface area (Å²) in [6, 6.07) is 7.89. The maximum Gasteiger partial charge on any atom is 0.252 e. The van der Waals surface area contributed by atoms with Crippen molar-refractivity contribution in [3.63, 3.8) is 0 Å². The number of guanidine groups is 1. The van der Waals surface area contributed by atoms with Crippen molar-refractivity contribution < 1.29 is 0 Å². The van der Waals surface area contributed by atoms with E-state index in [1.807, 2.05) is 31.2 Å². The number of anilines is 1. The molecular weight excluding hydrogens is 266 g/mol. The molecule has 1 aromatic heterocycles. The zero-order chi connectivity index (χ0) is 15.2. The van der Waals surface area contributed by atoms with Crippen LogP contribution in [0.25, 0.3) is 0 Å². The zero-order valence-electron chi connectivity index (χ0n) is 12.0. The summed E-state index contributed by atoms with van der Waals surface area (Å²) in [4.78, 5) is 8.03. The van der Waals surface area contributed by atoms with E-state index in [9.17, 15) is 0 Å². The lowest BCUT2D eigenvalue weighted by atomic mass is 10.1. The molecular formula is C14H17N7. The quantitative estimate of drug-likeness (QED) is 0.648. The molecule has 0 unspecified atom stereocenters. The maximum atomic E-state index is 8.62. The highest BCUT2D eigenvalue weighted by molar-refractivity contribution is 5.92. The first-order valence-electron chi connectivity index (χ1n) is 6.52. The summed E-state index contributed by atoms with van der Waals surface area (Å²) in [5.74, 6) is 0.499. The second-order valence-electron chi connectivity index (χ2n) is 4.63. The van der Waals surface area contributed by atoms with E-state index < -0.39 is 0 Å². The lowest BCUT2D eigenvalue weighted by molar-refractivity contribution is 0.622. The second-order valence-corrected chi connectivity index (χ2v) is 4.63. The summed E-state index contributed by atoms with van der Waals surface area (Å²) >= 11 is 0. The van der Waals surface area contributed by atoms with Gasteiger partial charge in [0, 0.05) is 5.69 Å². The Kier molecular flexibility index (Phi) is 4.51. The Morgan fingerprint density at radius 1 is 1.43 bits per heavy atom. The van der Waals surface area contributed by atoms with Crippen LogP contribution in [0.5, 0.6) is 0 Å². The highest BCUT2D eigenvalue weighted by Gasteiger charge is 2.00. The third-order valence-electron chi connectivity index (χ3n) is 3.03. The molecule has 0 aliphatic rings. The average molecular weight is 283 g/mol. The van der Waals surface area contributed by atoms with Crippen molar-refractivity contribution in [3.8, 4) is 6.07 Å². The summed E-state index contributed by atoms with van der Waals surface area (Å²) in [6.45, 7) is 5.08. The van der Waals surface area contributed by atoms with Crippen molar-refractivity contribution in [2.45, 2.75) is 20.4 Å². The largest absolute Gasteiger partial charge is 0.370 e. The van der Waals surface area contributed by atoms with E-state index in [0.29, 0.717) is 19.0 Å². The minimum absolute atomic E-state index is 0.153. The lowest BCUT2D eigenvalue weighted by Crippen LogP contribution is -2.23. The molecule has 2 rings (SSSR count). The van der Waals surface area contributed by atoms with Crippen LogP contribution in [-0.2, 0) is 6.54 Å². The monoisotopic (exact) mass is 283 g/mol. The molecule has 21 heavy (non-hydrogen) atoms. The summed E-state index contributed by atoms with van der Waals surface area (Å²) in [5, 5.41) is 15.6. The molecule has 2 aromatic rings. The Bertz CT molecular complexity index is 694. The van der Waals surface area contributed by atoms with Crippen LogP contribution in [-0.4, -0.2) is 27.3 Å². The topological polar surface area (TPSA) is 105 Å². The average Bonchev–Trinajstić information content (AvgIpc) is 2.91. The van der Waals surface area contributed by atoms with Crippen molar-refractivity contribution in [3.05, 3.63) is 41.5 Å². The van der Waals surface area contributed by atoms with Gasteiger partial charge >= 0.3 is 0 Å². The van der Waals surface area contributed by atoms with Crippen molar-refractivity contribution in [1.29, 1.82) is 5.26 Å². The van der Waals surface area contributed by atoms with Crippen LogP contribution in [0.15, 0.2) is 29.5 Å². The van der Waals surface area contributed by atoms with E-state index in [0.717, 1.165) is 5.69 Å². The summed E-state index contributed by atoms with van der Waals surface area (Å²) in [6.07, 6.45) is 1.50. The van der Waals surface area contributed by atoms with Gasteiger partial charge in [-0.2, -0.15) is 5.26 Å². The molecule has 7 heteroatoms. The van der Waals surface area contributed by atoms with Crippen LogP contribution in [0, 0.1) is 25.2 Å². The molecule has 0 fully saturated rings. The van der Waals surface area contributed by atoms with E-state index in [1.54, 1.807) is 4.68 Å². The number of aliphatic imine (C=N–C) groups is 1.